The molecule has 0 rings (SSSR count). The largest absolute Gasteiger partial charge is 0.449 e. The van der Waals surface area contributed by atoms with Crippen molar-refractivity contribution in [2.24, 2.45) is 5.73 Å². The average molecular weight is 615 g/mol. The molecular weight excluding hydrogens is 540 g/mol. The Balaban J connectivity index is 3.90. The fraction of sp³-hybridized carbons (Fsp3) is 0.775. The molecule has 0 unspecified atom stereocenters. The molecule has 0 heterocycles. The summed E-state index contributed by atoms with van der Waals surface area (Å²) in [5, 5.41) is 0. The van der Waals surface area contributed by atoms with Crippen LogP contribution in [-0.4, -0.2) is 37.2 Å². The first-order valence-electron chi connectivity index (χ1n) is 19.0. The third kappa shape index (κ3) is 33.1. The average Bonchev–Trinajstić information content (AvgIpc) is 3.03. The van der Waals surface area contributed by atoms with Crippen molar-refractivity contribution in [1.82, 2.24) is 4.90 Å². The minimum atomic E-state index is -0.149. The molecule has 256 valence electrons. The van der Waals surface area contributed by atoms with Crippen LogP contribution in [0.5, 0.6) is 0 Å². The molecule has 0 aromatic rings. The van der Waals surface area contributed by atoms with E-state index in [4.69, 9.17) is 10.5 Å². The van der Waals surface area contributed by atoms with E-state index in [9.17, 15) is 4.79 Å². The van der Waals surface area contributed by atoms with Crippen LogP contribution in [0.4, 0.5) is 4.79 Å². The van der Waals surface area contributed by atoms with E-state index < -0.39 is 0 Å². The fourth-order valence-electron chi connectivity index (χ4n) is 5.21. The zero-order valence-electron chi connectivity index (χ0n) is 29.5. The minimum Gasteiger partial charge on any atom is -0.449 e. The maximum Gasteiger partial charge on any atom is 0.409 e. The molecule has 0 aliphatic rings. The second-order valence-corrected chi connectivity index (χ2v) is 12.4. The van der Waals surface area contributed by atoms with E-state index in [1.807, 2.05) is 4.90 Å². The number of carbonyl (C=O) groups is 1. The Kier molecular flexibility index (Phi) is 35.8. The van der Waals surface area contributed by atoms with Gasteiger partial charge in [0.25, 0.3) is 0 Å². The van der Waals surface area contributed by atoms with Crippen molar-refractivity contribution in [3.63, 3.8) is 0 Å². The number of ether oxygens (including phenoxy) is 1. The summed E-state index contributed by atoms with van der Waals surface area (Å²) in [5.41, 5.74) is 5.58. The van der Waals surface area contributed by atoms with Gasteiger partial charge >= 0.3 is 6.09 Å². The van der Waals surface area contributed by atoms with Crippen molar-refractivity contribution in [1.29, 1.82) is 0 Å². The van der Waals surface area contributed by atoms with Crippen molar-refractivity contribution in [2.45, 2.75) is 174 Å². The molecule has 0 atom stereocenters. The molecule has 0 radical (unpaired) electrons. The quantitative estimate of drug-likeness (QED) is 0.0591. The molecule has 4 heteroatoms. The number of rotatable bonds is 33. The summed E-state index contributed by atoms with van der Waals surface area (Å²) >= 11 is 0. The van der Waals surface area contributed by atoms with Crippen molar-refractivity contribution < 1.29 is 9.53 Å². The Morgan fingerprint density at radius 1 is 0.500 bits per heavy atom. The van der Waals surface area contributed by atoms with Gasteiger partial charge in [0, 0.05) is 13.1 Å². The van der Waals surface area contributed by atoms with Gasteiger partial charge in [0.1, 0.15) is 0 Å². The summed E-state index contributed by atoms with van der Waals surface area (Å²) in [7, 11) is 0. The molecule has 0 aromatic heterocycles. The highest BCUT2D eigenvalue weighted by Gasteiger charge is 2.14. The van der Waals surface area contributed by atoms with E-state index in [2.05, 4.69) is 62.5 Å². The van der Waals surface area contributed by atoms with Gasteiger partial charge in [-0.15, -0.1) is 0 Å². The standard InChI is InChI=1S/C40H74N2O2/c1-3-5-7-9-11-13-15-17-19-21-23-25-27-29-31-33-37-42(40(43)44-39-35-36-41)38-34-32-30-28-26-24-22-20-18-16-14-12-10-8-6-4-2/h11-14,17-20H,3-10,15-16,21-39,41H2,1-2H3/b13-11-,14-12-,19-17-,20-18-. The van der Waals surface area contributed by atoms with E-state index in [0.717, 1.165) is 45.2 Å². The number of hydrogen-bond acceptors (Lipinski definition) is 3. The van der Waals surface area contributed by atoms with Crippen molar-refractivity contribution in [3.05, 3.63) is 48.6 Å². The molecule has 4 nitrogen and oxygen atoms in total. The van der Waals surface area contributed by atoms with E-state index >= 15 is 0 Å². The number of nitrogens with two attached hydrogens (primary N) is 1. The van der Waals surface area contributed by atoms with Crippen LogP contribution in [0.2, 0.25) is 0 Å². The predicted octanol–water partition coefficient (Wildman–Crippen LogP) is 12.4. The Labute approximate surface area is 275 Å². The van der Waals surface area contributed by atoms with E-state index in [1.165, 1.54) is 128 Å². The lowest BCUT2D eigenvalue weighted by atomic mass is 10.1. The molecule has 0 saturated carbocycles. The number of nitrogens with zero attached hydrogens (tertiary/aromatic N) is 1. The van der Waals surface area contributed by atoms with Crippen LogP contribution in [0.15, 0.2) is 48.6 Å². The van der Waals surface area contributed by atoms with Gasteiger partial charge in [-0.2, -0.15) is 0 Å². The number of amides is 1. The molecule has 0 aliphatic carbocycles. The van der Waals surface area contributed by atoms with E-state index in [1.54, 1.807) is 0 Å². The first kappa shape index (κ1) is 42.2. The van der Waals surface area contributed by atoms with Gasteiger partial charge in [0.15, 0.2) is 0 Å². The van der Waals surface area contributed by atoms with Crippen LogP contribution >= 0.6 is 0 Å². The number of hydrogen-bond donors (Lipinski definition) is 1. The first-order chi connectivity index (χ1) is 21.8. The smallest absolute Gasteiger partial charge is 0.409 e. The van der Waals surface area contributed by atoms with Gasteiger partial charge in [-0.25, -0.2) is 4.79 Å². The zero-order valence-corrected chi connectivity index (χ0v) is 29.5. The molecule has 44 heavy (non-hydrogen) atoms. The highest BCUT2D eigenvalue weighted by atomic mass is 16.6. The predicted molar refractivity (Wildman–Crippen MR) is 195 cm³/mol. The monoisotopic (exact) mass is 615 g/mol. The highest BCUT2D eigenvalue weighted by molar-refractivity contribution is 5.67. The number of carbonyl (C=O) groups excluding carboxylic acids is 1. The summed E-state index contributed by atoms with van der Waals surface area (Å²) in [5.74, 6) is 0. The maximum atomic E-state index is 12.6. The molecule has 1 amide bonds. The summed E-state index contributed by atoms with van der Waals surface area (Å²) in [6, 6.07) is 0. The molecule has 0 aliphatic heterocycles. The maximum absolute atomic E-state index is 12.6. The Morgan fingerprint density at radius 3 is 1.25 bits per heavy atom. The summed E-state index contributed by atoms with van der Waals surface area (Å²) in [6.07, 6.45) is 48.9. The summed E-state index contributed by atoms with van der Waals surface area (Å²) in [4.78, 5) is 14.6. The molecule has 0 aromatic carbocycles. The topological polar surface area (TPSA) is 55.6 Å². The van der Waals surface area contributed by atoms with Gasteiger partial charge in [0.05, 0.1) is 6.61 Å². The van der Waals surface area contributed by atoms with Gasteiger partial charge in [0.2, 0.25) is 0 Å². The minimum absolute atomic E-state index is 0.149. The van der Waals surface area contributed by atoms with Crippen LogP contribution in [-0.2, 0) is 4.74 Å². The van der Waals surface area contributed by atoms with Gasteiger partial charge in [-0.05, 0) is 90.0 Å². The SMILES string of the molecule is CCCCC/C=C\C/C=C\CCCCCCCCN(CCCCCCCC/C=C\C/C=C\CCCCC)C(=O)OCCCN. The number of allylic oxidation sites excluding steroid dienone is 8. The summed E-state index contributed by atoms with van der Waals surface area (Å²) in [6.45, 7) is 7.13. The molecular formula is C40H74N2O2. The van der Waals surface area contributed by atoms with Crippen molar-refractivity contribution in [2.75, 3.05) is 26.2 Å². The summed E-state index contributed by atoms with van der Waals surface area (Å²) < 4.78 is 5.49. The normalized spacial score (nSPS) is 12.1. The zero-order chi connectivity index (χ0) is 32.0. The Morgan fingerprint density at radius 2 is 0.864 bits per heavy atom. The lowest BCUT2D eigenvalue weighted by Crippen LogP contribution is -2.34. The molecule has 2 N–H and O–H groups in total. The van der Waals surface area contributed by atoms with E-state index in [0.29, 0.717) is 13.2 Å². The third-order valence-electron chi connectivity index (χ3n) is 8.09. The van der Waals surface area contributed by atoms with Crippen LogP contribution in [0.3, 0.4) is 0 Å². The lowest BCUT2D eigenvalue weighted by molar-refractivity contribution is 0.100. The van der Waals surface area contributed by atoms with Gasteiger partial charge < -0.3 is 15.4 Å². The second-order valence-electron chi connectivity index (χ2n) is 12.4. The lowest BCUT2D eigenvalue weighted by Gasteiger charge is -2.22. The molecule has 0 spiro atoms. The van der Waals surface area contributed by atoms with Gasteiger partial charge in [-0.3, -0.25) is 0 Å². The highest BCUT2D eigenvalue weighted by Crippen LogP contribution is 2.12. The van der Waals surface area contributed by atoms with Crippen molar-refractivity contribution >= 4 is 6.09 Å². The van der Waals surface area contributed by atoms with Crippen LogP contribution in [0, 0.1) is 0 Å². The second kappa shape index (κ2) is 37.4. The molecule has 0 bridgehead atoms. The van der Waals surface area contributed by atoms with Crippen LogP contribution in [0.25, 0.3) is 0 Å². The van der Waals surface area contributed by atoms with Crippen molar-refractivity contribution in [3.8, 4) is 0 Å². The molecule has 0 saturated heterocycles. The third-order valence-corrected chi connectivity index (χ3v) is 8.09. The van der Waals surface area contributed by atoms with Gasteiger partial charge in [-0.1, -0.05) is 140 Å². The Bertz CT molecular complexity index is 649. The van der Waals surface area contributed by atoms with Crippen LogP contribution in [0.1, 0.15) is 174 Å². The number of unbranched alkanes of at least 4 members (excludes halogenated alkanes) is 18. The van der Waals surface area contributed by atoms with Crippen LogP contribution < -0.4 is 5.73 Å². The Hall–Kier alpha value is -1.81. The first-order valence-corrected chi connectivity index (χ1v) is 19.0. The van der Waals surface area contributed by atoms with E-state index in [-0.39, 0.29) is 6.09 Å². The molecule has 0 fully saturated rings. The fourth-order valence-corrected chi connectivity index (χ4v) is 5.21.